The molecule has 1 heterocycles. The molecular formula is C29H41N2O+. The molecular weight excluding hydrogens is 392 g/mol. The highest BCUT2D eigenvalue weighted by molar-refractivity contribution is 5.81. The number of ether oxygens (including phenoxy) is 1. The van der Waals surface area contributed by atoms with Crippen LogP contribution in [0, 0.1) is 0 Å². The van der Waals surface area contributed by atoms with E-state index in [0.717, 1.165) is 44.0 Å². The van der Waals surface area contributed by atoms with Gasteiger partial charge in [-0.2, -0.15) is 0 Å². The first-order valence-corrected chi connectivity index (χ1v) is 12.3. The van der Waals surface area contributed by atoms with Crippen LogP contribution in [0.15, 0.2) is 48.5 Å². The Bertz CT molecular complexity index is 900. The summed E-state index contributed by atoms with van der Waals surface area (Å²) in [6.45, 7) is 15.3. The second-order valence-electron chi connectivity index (χ2n) is 9.39. The zero-order chi connectivity index (χ0) is 22.9. The number of unbranched alkanes of at least 4 members (excludes halogenated alkanes) is 2. The molecule has 0 saturated heterocycles. The van der Waals surface area contributed by atoms with E-state index in [0.29, 0.717) is 11.8 Å². The molecule has 0 aromatic heterocycles. The van der Waals surface area contributed by atoms with Crippen molar-refractivity contribution in [2.24, 2.45) is 0 Å². The van der Waals surface area contributed by atoms with Gasteiger partial charge in [-0.25, -0.2) is 4.90 Å². The van der Waals surface area contributed by atoms with E-state index >= 15 is 0 Å². The van der Waals surface area contributed by atoms with Gasteiger partial charge in [-0.15, -0.1) is 0 Å². The van der Waals surface area contributed by atoms with E-state index in [4.69, 9.17) is 4.74 Å². The number of hydrogen-bond donors (Lipinski definition) is 0. The molecule has 1 aliphatic heterocycles. The zero-order valence-corrected chi connectivity index (χ0v) is 20.7. The minimum atomic E-state index is 0.532. The van der Waals surface area contributed by atoms with Crippen LogP contribution < -0.4 is 9.64 Å². The van der Waals surface area contributed by atoms with E-state index in [9.17, 15) is 0 Å². The first kappa shape index (κ1) is 24.1. The van der Waals surface area contributed by atoms with Crippen LogP contribution in [0.2, 0.25) is 0 Å². The smallest absolute Gasteiger partial charge is 0.239 e. The maximum Gasteiger partial charge on any atom is 0.239 e. The number of hydrogen-bond acceptors (Lipinski definition) is 2. The molecule has 0 bridgehead atoms. The predicted octanol–water partition coefficient (Wildman–Crippen LogP) is 7.08. The number of rotatable bonds is 11. The Kier molecular flexibility index (Phi) is 8.96. The summed E-state index contributed by atoms with van der Waals surface area (Å²) in [6, 6.07) is 15.1. The number of allylic oxidation sites excluding steroid dienone is 1. The van der Waals surface area contributed by atoms with Crippen molar-refractivity contribution in [3.8, 4) is 5.75 Å². The topological polar surface area (TPSA) is 15.5 Å². The summed E-state index contributed by atoms with van der Waals surface area (Å²) in [7, 11) is 0. The molecule has 0 atom stereocenters. The van der Waals surface area contributed by atoms with Crippen LogP contribution in [-0.2, 0) is 0 Å². The van der Waals surface area contributed by atoms with Gasteiger partial charge in [0.15, 0.2) is 0 Å². The highest BCUT2D eigenvalue weighted by Gasteiger charge is 2.27. The van der Waals surface area contributed by atoms with Gasteiger partial charge in [0.25, 0.3) is 0 Å². The van der Waals surface area contributed by atoms with Gasteiger partial charge in [0.2, 0.25) is 6.34 Å². The molecule has 32 heavy (non-hydrogen) atoms. The summed E-state index contributed by atoms with van der Waals surface area (Å²) in [5.41, 5.74) is 5.52. The number of benzene rings is 2. The highest BCUT2D eigenvalue weighted by atomic mass is 16.5. The van der Waals surface area contributed by atoms with Crippen LogP contribution >= 0.6 is 0 Å². The highest BCUT2D eigenvalue weighted by Crippen LogP contribution is 2.35. The maximum atomic E-state index is 6.03. The minimum absolute atomic E-state index is 0.532. The normalized spacial score (nSPS) is 14.1. The van der Waals surface area contributed by atoms with Crippen molar-refractivity contribution in [1.82, 2.24) is 0 Å². The van der Waals surface area contributed by atoms with E-state index in [1.54, 1.807) is 0 Å². The average molecular weight is 434 g/mol. The Morgan fingerprint density at radius 2 is 1.66 bits per heavy atom. The van der Waals surface area contributed by atoms with Crippen LogP contribution in [0.4, 0.5) is 5.69 Å². The van der Waals surface area contributed by atoms with Crippen molar-refractivity contribution in [2.75, 3.05) is 31.1 Å². The lowest BCUT2D eigenvalue weighted by Gasteiger charge is -2.20. The summed E-state index contributed by atoms with van der Waals surface area (Å²) in [6.07, 6.45) is 10.0. The van der Waals surface area contributed by atoms with Crippen LogP contribution in [0.3, 0.4) is 0 Å². The van der Waals surface area contributed by atoms with Crippen molar-refractivity contribution < 1.29 is 9.31 Å². The van der Waals surface area contributed by atoms with Crippen LogP contribution in [-0.4, -0.2) is 37.2 Å². The van der Waals surface area contributed by atoms with Crippen LogP contribution in [0.25, 0.3) is 6.08 Å². The van der Waals surface area contributed by atoms with E-state index < -0.39 is 0 Å². The molecule has 0 unspecified atom stereocenters. The van der Waals surface area contributed by atoms with E-state index in [-0.39, 0.29) is 0 Å². The van der Waals surface area contributed by atoms with Crippen molar-refractivity contribution in [3.05, 3.63) is 65.2 Å². The molecule has 172 valence electrons. The molecule has 0 fully saturated rings. The van der Waals surface area contributed by atoms with Crippen molar-refractivity contribution >= 4 is 18.1 Å². The van der Waals surface area contributed by atoms with Crippen LogP contribution in [0.1, 0.15) is 82.4 Å². The summed E-state index contributed by atoms with van der Waals surface area (Å²) in [4.78, 5) is 2.49. The quantitative estimate of drug-likeness (QED) is 0.278. The van der Waals surface area contributed by atoms with E-state index in [2.05, 4.69) is 92.1 Å². The Morgan fingerprint density at radius 1 is 0.938 bits per heavy atom. The van der Waals surface area contributed by atoms with Gasteiger partial charge in [0.1, 0.15) is 24.5 Å². The van der Waals surface area contributed by atoms with Gasteiger partial charge in [0, 0.05) is 16.7 Å². The van der Waals surface area contributed by atoms with Crippen LogP contribution in [0.5, 0.6) is 5.75 Å². The molecule has 0 saturated carbocycles. The molecule has 3 rings (SSSR count). The van der Waals surface area contributed by atoms with Crippen molar-refractivity contribution in [1.29, 1.82) is 0 Å². The lowest BCUT2D eigenvalue weighted by Crippen LogP contribution is -2.22. The van der Waals surface area contributed by atoms with Gasteiger partial charge in [-0.05, 0) is 44.1 Å². The average Bonchev–Trinajstić information content (AvgIpc) is 3.25. The standard InChI is InChI=1S/C29H41N2O/c1-6-13-25-14-8-9-17-28(25)32-21-11-7-10-18-30-19-20-31(22-30)29-26(23(2)3)15-12-16-27(29)24(4)5/h6,8-9,12-17,22-24H,7,10-11,18-21H2,1-5H3/q+1/b13-6-. The van der Waals surface area contributed by atoms with Gasteiger partial charge >= 0.3 is 0 Å². The first-order chi connectivity index (χ1) is 15.5. The Hall–Kier alpha value is -2.55. The summed E-state index contributed by atoms with van der Waals surface area (Å²) < 4.78 is 8.52. The first-order valence-electron chi connectivity index (χ1n) is 12.3. The number of anilines is 1. The fourth-order valence-electron chi connectivity index (χ4n) is 4.44. The zero-order valence-electron chi connectivity index (χ0n) is 20.7. The van der Waals surface area contributed by atoms with Gasteiger partial charge in [-0.3, -0.25) is 4.58 Å². The summed E-state index contributed by atoms with van der Waals surface area (Å²) >= 11 is 0. The summed E-state index contributed by atoms with van der Waals surface area (Å²) in [5.74, 6) is 2.05. The summed E-state index contributed by atoms with van der Waals surface area (Å²) in [5, 5.41) is 0. The monoisotopic (exact) mass is 433 g/mol. The fourth-order valence-corrected chi connectivity index (χ4v) is 4.44. The van der Waals surface area contributed by atoms with E-state index in [1.165, 1.54) is 29.7 Å². The fraction of sp³-hybridized carbons (Fsp3) is 0.483. The molecule has 2 aromatic carbocycles. The number of para-hydroxylation sites is 2. The van der Waals surface area contributed by atoms with Crippen molar-refractivity contribution in [3.63, 3.8) is 0 Å². The third-order valence-corrected chi connectivity index (χ3v) is 6.17. The molecule has 0 spiro atoms. The molecule has 3 nitrogen and oxygen atoms in total. The Balaban J connectivity index is 1.50. The Labute approximate surface area is 195 Å². The minimum Gasteiger partial charge on any atom is -0.493 e. The molecule has 2 aromatic rings. The van der Waals surface area contributed by atoms with E-state index in [1.807, 2.05) is 13.0 Å². The second kappa shape index (κ2) is 11.9. The lowest BCUT2D eigenvalue weighted by molar-refractivity contribution is -0.514. The van der Waals surface area contributed by atoms with Gasteiger partial charge in [0.05, 0.1) is 13.2 Å². The largest absolute Gasteiger partial charge is 0.493 e. The van der Waals surface area contributed by atoms with Gasteiger partial charge < -0.3 is 4.74 Å². The van der Waals surface area contributed by atoms with Gasteiger partial charge in [-0.1, -0.05) is 76.2 Å². The molecule has 0 radical (unpaired) electrons. The molecule has 1 aliphatic rings. The predicted molar refractivity (Wildman–Crippen MR) is 139 cm³/mol. The lowest BCUT2D eigenvalue weighted by atomic mass is 9.92. The molecule has 0 amide bonds. The SMILES string of the molecule is C/C=C\c1ccccc1OCCCCC[N+]1=CN(c2c(C(C)C)cccc2C(C)C)CC1. The maximum absolute atomic E-state index is 6.03. The molecule has 0 N–H and O–H groups in total. The molecule has 3 heteroatoms. The third kappa shape index (κ3) is 6.25. The van der Waals surface area contributed by atoms with Crippen molar-refractivity contribution in [2.45, 2.75) is 65.7 Å². The molecule has 0 aliphatic carbocycles. The number of nitrogens with zero attached hydrogens (tertiary/aromatic N) is 2. The Morgan fingerprint density at radius 3 is 2.34 bits per heavy atom. The second-order valence-corrected chi connectivity index (χ2v) is 9.39. The third-order valence-electron chi connectivity index (χ3n) is 6.17.